The first-order valence-electron chi connectivity index (χ1n) is 9.85. The Morgan fingerprint density at radius 1 is 1.00 bits per heavy atom. The lowest BCUT2D eigenvalue weighted by molar-refractivity contribution is -0.384. The summed E-state index contributed by atoms with van der Waals surface area (Å²) in [7, 11) is 1.61. The lowest BCUT2D eigenvalue weighted by atomic mass is 9.86. The van der Waals surface area contributed by atoms with Gasteiger partial charge in [-0.3, -0.25) is 10.1 Å². The summed E-state index contributed by atoms with van der Waals surface area (Å²) in [5.41, 5.74) is 4.46. The van der Waals surface area contributed by atoms with Crippen molar-refractivity contribution < 1.29 is 14.4 Å². The molecule has 0 spiro atoms. The van der Waals surface area contributed by atoms with Gasteiger partial charge in [0.1, 0.15) is 5.75 Å². The standard InChI is InChI=1S/C25H23NO4/c1-17(2)18-9-11-21(12-10-18)25(29-3)23(19-7-5-4-6-8-19)16-20-15-22(26(27)28)13-14-24(20)30-25/h4-17H,1-3H3. The van der Waals surface area contributed by atoms with Crippen molar-refractivity contribution in [3.05, 3.63) is 105 Å². The van der Waals surface area contributed by atoms with E-state index in [4.69, 9.17) is 9.47 Å². The minimum Gasteiger partial charge on any atom is -0.453 e. The van der Waals surface area contributed by atoms with E-state index in [0.717, 1.165) is 16.7 Å². The first kappa shape index (κ1) is 19.9. The Morgan fingerprint density at radius 2 is 1.70 bits per heavy atom. The van der Waals surface area contributed by atoms with Gasteiger partial charge >= 0.3 is 0 Å². The van der Waals surface area contributed by atoms with E-state index in [2.05, 4.69) is 26.0 Å². The third kappa shape index (κ3) is 3.37. The summed E-state index contributed by atoms with van der Waals surface area (Å²) in [5, 5.41) is 11.2. The minimum absolute atomic E-state index is 0.0206. The highest BCUT2D eigenvalue weighted by molar-refractivity contribution is 5.90. The van der Waals surface area contributed by atoms with Gasteiger partial charge < -0.3 is 9.47 Å². The Hall–Kier alpha value is -3.44. The van der Waals surface area contributed by atoms with Gasteiger partial charge in [0.15, 0.2) is 0 Å². The molecule has 1 aliphatic rings. The van der Waals surface area contributed by atoms with Crippen molar-refractivity contribution in [2.45, 2.75) is 25.6 Å². The molecule has 1 heterocycles. The van der Waals surface area contributed by atoms with Crippen molar-refractivity contribution in [3.63, 3.8) is 0 Å². The molecule has 1 atom stereocenters. The van der Waals surface area contributed by atoms with Gasteiger partial charge in [0, 0.05) is 35.9 Å². The molecule has 5 nitrogen and oxygen atoms in total. The van der Waals surface area contributed by atoms with E-state index in [-0.39, 0.29) is 5.69 Å². The lowest BCUT2D eigenvalue weighted by Gasteiger charge is -2.39. The fourth-order valence-electron chi connectivity index (χ4n) is 3.78. The van der Waals surface area contributed by atoms with Crippen LogP contribution in [0.3, 0.4) is 0 Å². The zero-order valence-electron chi connectivity index (χ0n) is 17.2. The molecule has 0 aromatic heterocycles. The molecule has 30 heavy (non-hydrogen) atoms. The highest BCUT2D eigenvalue weighted by atomic mass is 16.7. The third-order valence-corrected chi connectivity index (χ3v) is 5.44. The minimum atomic E-state index is -1.17. The van der Waals surface area contributed by atoms with Crippen LogP contribution in [0.25, 0.3) is 11.6 Å². The molecule has 0 saturated carbocycles. The van der Waals surface area contributed by atoms with Crippen LogP contribution in [0.2, 0.25) is 0 Å². The van der Waals surface area contributed by atoms with Gasteiger partial charge in [0.2, 0.25) is 0 Å². The van der Waals surface area contributed by atoms with Crippen molar-refractivity contribution in [2.75, 3.05) is 7.11 Å². The van der Waals surface area contributed by atoms with E-state index in [1.807, 2.05) is 48.5 Å². The molecule has 152 valence electrons. The van der Waals surface area contributed by atoms with Gasteiger partial charge in [0.25, 0.3) is 11.5 Å². The monoisotopic (exact) mass is 401 g/mol. The number of benzene rings is 3. The number of hydrogen-bond donors (Lipinski definition) is 0. The SMILES string of the molecule is COC1(c2ccc(C(C)C)cc2)Oc2ccc([N+](=O)[O-])cc2C=C1c1ccccc1. The average molecular weight is 401 g/mol. The van der Waals surface area contributed by atoms with Crippen molar-refractivity contribution in [1.82, 2.24) is 0 Å². The van der Waals surface area contributed by atoms with E-state index in [1.54, 1.807) is 13.2 Å². The number of nitrogens with zero attached hydrogens (tertiary/aromatic N) is 1. The van der Waals surface area contributed by atoms with E-state index >= 15 is 0 Å². The van der Waals surface area contributed by atoms with Crippen LogP contribution < -0.4 is 4.74 Å². The Kier molecular flexibility index (Phi) is 5.14. The average Bonchev–Trinajstić information content (AvgIpc) is 2.78. The second kappa shape index (κ2) is 7.76. The predicted molar refractivity (Wildman–Crippen MR) is 117 cm³/mol. The molecular formula is C25H23NO4. The number of non-ortho nitro benzene ring substituents is 1. The van der Waals surface area contributed by atoms with Crippen LogP contribution >= 0.6 is 0 Å². The Labute approximate surface area is 175 Å². The molecule has 1 aliphatic heterocycles. The fraction of sp³-hybridized carbons (Fsp3) is 0.200. The van der Waals surface area contributed by atoms with Crippen molar-refractivity contribution >= 4 is 17.3 Å². The maximum atomic E-state index is 11.2. The summed E-state index contributed by atoms with van der Waals surface area (Å²) >= 11 is 0. The van der Waals surface area contributed by atoms with E-state index in [0.29, 0.717) is 17.2 Å². The molecule has 0 N–H and O–H groups in total. The smallest absolute Gasteiger partial charge is 0.270 e. The maximum absolute atomic E-state index is 11.2. The Morgan fingerprint density at radius 3 is 2.30 bits per heavy atom. The van der Waals surface area contributed by atoms with Gasteiger partial charge in [-0.1, -0.05) is 68.4 Å². The molecule has 3 aromatic rings. The van der Waals surface area contributed by atoms with Crippen LogP contribution in [-0.4, -0.2) is 12.0 Å². The number of nitro benzene ring substituents is 1. The molecule has 0 fully saturated rings. The second-order valence-electron chi connectivity index (χ2n) is 7.60. The number of rotatable bonds is 5. The Balaban J connectivity index is 1.92. The third-order valence-electron chi connectivity index (χ3n) is 5.44. The quantitative estimate of drug-likeness (QED) is 0.380. The number of fused-ring (bicyclic) bond motifs is 1. The van der Waals surface area contributed by atoms with Crippen LogP contribution in [0.15, 0.2) is 72.8 Å². The Bertz CT molecular complexity index is 1100. The van der Waals surface area contributed by atoms with E-state index in [1.165, 1.54) is 17.7 Å². The summed E-state index contributed by atoms with van der Waals surface area (Å²) < 4.78 is 12.5. The number of hydrogen-bond acceptors (Lipinski definition) is 4. The maximum Gasteiger partial charge on any atom is 0.270 e. The zero-order valence-corrected chi connectivity index (χ0v) is 17.2. The highest BCUT2D eigenvalue weighted by Crippen LogP contribution is 2.47. The predicted octanol–water partition coefficient (Wildman–Crippen LogP) is 6.15. The molecular weight excluding hydrogens is 378 g/mol. The molecule has 1 unspecified atom stereocenters. The number of nitro groups is 1. The van der Waals surface area contributed by atoms with Gasteiger partial charge in [-0.25, -0.2) is 0 Å². The molecule has 3 aromatic carbocycles. The van der Waals surface area contributed by atoms with Crippen LogP contribution in [0.1, 0.15) is 42.0 Å². The van der Waals surface area contributed by atoms with E-state index < -0.39 is 10.7 Å². The van der Waals surface area contributed by atoms with Gasteiger partial charge in [-0.05, 0) is 29.2 Å². The van der Waals surface area contributed by atoms with Gasteiger partial charge in [-0.15, -0.1) is 0 Å². The first-order valence-corrected chi connectivity index (χ1v) is 9.85. The molecule has 0 bridgehead atoms. The molecule has 5 heteroatoms. The van der Waals surface area contributed by atoms with Crippen LogP contribution in [-0.2, 0) is 10.5 Å². The zero-order chi connectivity index (χ0) is 21.3. The van der Waals surface area contributed by atoms with Crippen LogP contribution in [0.5, 0.6) is 5.75 Å². The van der Waals surface area contributed by atoms with Gasteiger partial charge in [-0.2, -0.15) is 0 Å². The van der Waals surface area contributed by atoms with Crippen molar-refractivity contribution in [1.29, 1.82) is 0 Å². The molecule has 0 saturated heterocycles. The summed E-state index contributed by atoms with van der Waals surface area (Å²) in [4.78, 5) is 10.8. The molecule has 4 rings (SSSR count). The number of ether oxygens (including phenoxy) is 2. The summed E-state index contributed by atoms with van der Waals surface area (Å²) in [6.07, 6.45) is 1.92. The summed E-state index contributed by atoms with van der Waals surface area (Å²) in [6.45, 7) is 4.30. The normalized spacial score (nSPS) is 17.8. The van der Waals surface area contributed by atoms with Crippen molar-refractivity contribution in [3.8, 4) is 5.75 Å². The summed E-state index contributed by atoms with van der Waals surface area (Å²) in [6, 6.07) is 22.6. The van der Waals surface area contributed by atoms with Gasteiger partial charge in [0.05, 0.1) is 4.92 Å². The molecule has 0 radical (unpaired) electrons. The van der Waals surface area contributed by atoms with Crippen LogP contribution in [0.4, 0.5) is 5.69 Å². The lowest BCUT2D eigenvalue weighted by Crippen LogP contribution is -2.38. The molecule has 0 amide bonds. The van der Waals surface area contributed by atoms with Crippen molar-refractivity contribution in [2.24, 2.45) is 0 Å². The molecule has 0 aliphatic carbocycles. The van der Waals surface area contributed by atoms with E-state index in [9.17, 15) is 10.1 Å². The largest absolute Gasteiger partial charge is 0.453 e. The highest BCUT2D eigenvalue weighted by Gasteiger charge is 2.43. The van der Waals surface area contributed by atoms with Crippen LogP contribution in [0, 0.1) is 10.1 Å². The fourth-order valence-corrected chi connectivity index (χ4v) is 3.78. The number of methoxy groups -OCH3 is 1. The second-order valence-corrected chi connectivity index (χ2v) is 7.60. The first-order chi connectivity index (χ1) is 14.4. The summed E-state index contributed by atoms with van der Waals surface area (Å²) in [5.74, 6) is -0.217. The topological polar surface area (TPSA) is 61.6 Å².